The summed E-state index contributed by atoms with van der Waals surface area (Å²) in [7, 11) is 4.67. The van der Waals surface area contributed by atoms with E-state index < -0.39 is 11.3 Å². The van der Waals surface area contributed by atoms with Gasteiger partial charge >= 0.3 is 17.4 Å². The number of benzene rings is 1. The number of amides is 1. The van der Waals surface area contributed by atoms with Gasteiger partial charge in [0.2, 0.25) is 0 Å². The molecule has 1 fully saturated rings. The third kappa shape index (κ3) is 3.82. The van der Waals surface area contributed by atoms with Gasteiger partial charge in [-0.2, -0.15) is 8.10 Å². The number of carbonyl (C=O) groups is 1. The average Bonchev–Trinajstić information content (AvgIpc) is 2.87. The molecule has 8 heteroatoms. The molecule has 0 spiro atoms. The number of hydrogen-bond acceptors (Lipinski definition) is 4. The number of quaternary nitrogens is 1. The van der Waals surface area contributed by atoms with Crippen LogP contribution in [0.15, 0.2) is 24.3 Å². The molecule has 1 aliphatic rings. The largest absolute Gasteiger partial charge is 0.488 e. The van der Waals surface area contributed by atoms with Crippen LogP contribution in [0.1, 0.15) is 13.3 Å². The highest BCUT2D eigenvalue weighted by molar-refractivity contribution is 7.78. The Morgan fingerprint density at radius 3 is 2.48 bits per heavy atom. The van der Waals surface area contributed by atoms with Crippen LogP contribution in [-0.2, 0) is 16.0 Å². The summed E-state index contributed by atoms with van der Waals surface area (Å²) in [5.41, 5.74) is 0.703. The molecule has 1 aliphatic heterocycles. The molecule has 23 heavy (non-hydrogen) atoms. The van der Waals surface area contributed by atoms with Crippen molar-refractivity contribution in [1.29, 1.82) is 0 Å². The normalized spacial score (nSPS) is 22.7. The van der Waals surface area contributed by atoms with Crippen molar-refractivity contribution in [2.24, 2.45) is 0 Å². The summed E-state index contributed by atoms with van der Waals surface area (Å²) < 4.78 is 31.2. The van der Waals surface area contributed by atoms with E-state index in [0.29, 0.717) is 18.0 Å². The summed E-state index contributed by atoms with van der Waals surface area (Å²) in [6, 6.07) is 7.14. The second kappa shape index (κ2) is 6.86. The first kappa shape index (κ1) is 17.7. The first-order valence-corrected chi connectivity index (χ1v) is 8.39. The van der Waals surface area contributed by atoms with Crippen LogP contribution >= 0.6 is 0 Å². The second-order valence-corrected chi connectivity index (χ2v) is 7.40. The first-order valence-electron chi connectivity index (χ1n) is 7.33. The molecule has 128 valence electrons. The number of methoxy groups -OCH3 is 1. The molecule has 1 unspecified atom stereocenters. The van der Waals surface area contributed by atoms with Crippen LogP contribution in [0, 0.1) is 0 Å². The van der Waals surface area contributed by atoms with Gasteiger partial charge in [-0.1, -0.05) is 0 Å². The van der Waals surface area contributed by atoms with Crippen molar-refractivity contribution in [3.8, 4) is 5.75 Å². The molecule has 1 heterocycles. The van der Waals surface area contributed by atoms with Gasteiger partial charge in [-0.25, -0.2) is 4.79 Å². The summed E-state index contributed by atoms with van der Waals surface area (Å²) >= 11 is -2.01. The maximum atomic E-state index is 11.6. The molecule has 0 bridgehead atoms. The van der Waals surface area contributed by atoms with Gasteiger partial charge in [-0.15, -0.1) is 0 Å². The van der Waals surface area contributed by atoms with Crippen molar-refractivity contribution >= 4 is 23.0 Å². The fourth-order valence-corrected chi connectivity index (χ4v) is 2.91. The lowest BCUT2D eigenvalue weighted by Crippen LogP contribution is -2.41. The van der Waals surface area contributed by atoms with Crippen molar-refractivity contribution in [2.45, 2.75) is 25.5 Å². The van der Waals surface area contributed by atoms with E-state index in [2.05, 4.69) is 0 Å². The van der Waals surface area contributed by atoms with E-state index in [0.717, 1.165) is 6.42 Å². The lowest BCUT2D eigenvalue weighted by Gasteiger charge is -2.23. The standard InChI is InChI=1S/C15H22N2O5S/c1-11-9-14(10-16(11)15(18)21-4)22-13-7-5-12(6-8-13)17(2,3)23(19)20/h5-8,11,14H,9-10H2,1-4H3/p+1/t11-,14+/m1/s1. The van der Waals surface area contributed by atoms with Crippen LogP contribution in [0.3, 0.4) is 0 Å². The SMILES string of the molecule is COC(=O)N1C[C@@H](Oc2ccc([N+](C)(C)S(=O)O)cc2)C[C@H]1C. The fraction of sp³-hybridized carbons (Fsp3) is 0.533. The van der Waals surface area contributed by atoms with Crippen LogP contribution in [0.25, 0.3) is 0 Å². The predicted octanol–water partition coefficient (Wildman–Crippen LogP) is 2.00. The molecule has 0 aliphatic carbocycles. The molecule has 1 saturated heterocycles. The highest BCUT2D eigenvalue weighted by Gasteiger charge is 2.34. The lowest BCUT2D eigenvalue weighted by atomic mass is 10.2. The monoisotopic (exact) mass is 343 g/mol. The number of rotatable bonds is 4. The number of likely N-dealkylation sites (tertiary alicyclic amines) is 1. The molecular weight excluding hydrogens is 320 g/mol. The Hall–Kier alpha value is -1.64. The van der Waals surface area contributed by atoms with Gasteiger partial charge in [-0.3, -0.25) is 4.55 Å². The quantitative estimate of drug-likeness (QED) is 0.668. The van der Waals surface area contributed by atoms with E-state index in [-0.39, 0.29) is 22.1 Å². The molecule has 1 aromatic carbocycles. The van der Waals surface area contributed by atoms with Crippen LogP contribution in [0.2, 0.25) is 0 Å². The Morgan fingerprint density at radius 1 is 1.35 bits per heavy atom. The summed E-state index contributed by atoms with van der Waals surface area (Å²) in [6.45, 7) is 2.44. The predicted molar refractivity (Wildman–Crippen MR) is 88.5 cm³/mol. The number of carbonyl (C=O) groups excluding carboxylic acids is 1. The minimum Gasteiger partial charge on any atom is -0.488 e. The van der Waals surface area contributed by atoms with E-state index >= 15 is 0 Å². The third-order valence-corrected chi connectivity index (χ3v) is 5.09. The van der Waals surface area contributed by atoms with Gasteiger partial charge in [0.25, 0.3) is 0 Å². The highest BCUT2D eigenvalue weighted by Crippen LogP contribution is 2.27. The van der Waals surface area contributed by atoms with Gasteiger partial charge < -0.3 is 14.4 Å². The molecule has 1 amide bonds. The summed E-state index contributed by atoms with van der Waals surface area (Å²) in [5.74, 6) is 0.668. The Bertz CT molecular complexity index is 590. The van der Waals surface area contributed by atoms with Crippen LogP contribution in [0.5, 0.6) is 5.75 Å². The first-order chi connectivity index (χ1) is 10.8. The summed E-state index contributed by atoms with van der Waals surface area (Å²) in [4.78, 5) is 13.3. The molecule has 0 saturated carbocycles. The van der Waals surface area contributed by atoms with Crippen LogP contribution in [-0.4, -0.2) is 59.7 Å². The van der Waals surface area contributed by atoms with Gasteiger partial charge in [0.05, 0.1) is 27.7 Å². The van der Waals surface area contributed by atoms with E-state index in [1.165, 1.54) is 7.11 Å². The maximum absolute atomic E-state index is 11.6. The molecule has 2 rings (SSSR count). The van der Waals surface area contributed by atoms with Gasteiger partial charge in [-0.05, 0) is 19.1 Å². The molecule has 1 N–H and O–H groups in total. The van der Waals surface area contributed by atoms with Crippen molar-refractivity contribution in [1.82, 2.24) is 8.79 Å². The fourth-order valence-electron chi connectivity index (χ4n) is 2.61. The average molecular weight is 343 g/mol. The van der Waals surface area contributed by atoms with E-state index in [9.17, 15) is 13.6 Å². The topological polar surface area (TPSA) is 76.1 Å². The minimum atomic E-state index is -2.01. The zero-order chi connectivity index (χ0) is 17.2. The van der Waals surface area contributed by atoms with Crippen molar-refractivity contribution < 1.29 is 23.0 Å². The maximum Gasteiger partial charge on any atom is 0.409 e. The van der Waals surface area contributed by atoms with Gasteiger partial charge in [0.15, 0.2) is 0 Å². The van der Waals surface area contributed by atoms with Gasteiger partial charge in [0, 0.05) is 24.6 Å². The molecule has 3 atom stereocenters. The van der Waals surface area contributed by atoms with E-state index in [1.54, 1.807) is 43.3 Å². The second-order valence-electron chi connectivity index (χ2n) is 6.02. The van der Waals surface area contributed by atoms with E-state index in [1.807, 2.05) is 6.92 Å². The molecule has 1 aromatic rings. The third-order valence-electron chi connectivity index (χ3n) is 4.10. The Balaban J connectivity index is 2.02. The van der Waals surface area contributed by atoms with Crippen LogP contribution in [0.4, 0.5) is 10.5 Å². The number of nitrogens with zero attached hydrogens (tertiary/aromatic N) is 2. The Morgan fingerprint density at radius 2 is 1.96 bits per heavy atom. The van der Waals surface area contributed by atoms with Crippen molar-refractivity contribution in [3.63, 3.8) is 0 Å². The Labute approximate surface area is 138 Å². The molecular formula is C15H23N2O5S+. The zero-order valence-electron chi connectivity index (χ0n) is 13.8. The number of ether oxygens (including phenoxy) is 2. The minimum absolute atomic E-state index is 0.0686. The number of hydrogen-bond donors (Lipinski definition) is 1. The smallest absolute Gasteiger partial charge is 0.409 e. The van der Waals surface area contributed by atoms with Crippen molar-refractivity contribution in [3.05, 3.63) is 24.3 Å². The lowest BCUT2D eigenvalue weighted by molar-refractivity contribution is 0.117. The molecule has 0 aromatic heterocycles. The Kier molecular flexibility index (Phi) is 5.28. The zero-order valence-corrected chi connectivity index (χ0v) is 14.6. The highest BCUT2D eigenvalue weighted by atomic mass is 32.2. The summed E-state index contributed by atoms with van der Waals surface area (Å²) in [5, 5.41) is 0. The van der Waals surface area contributed by atoms with Crippen molar-refractivity contribution in [2.75, 3.05) is 27.7 Å². The van der Waals surface area contributed by atoms with E-state index in [4.69, 9.17) is 9.47 Å². The van der Waals surface area contributed by atoms with Crippen LogP contribution < -0.4 is 8.63 Å². The summed E-state index contributed by atoms with van der Waals surface area (Å²) in [6.07, 6.45) is 0.298. The van der Waals surface area contributed by atoms with Gasteiger partial charge in [0.1, 0.15) is 17.5 Å². The molecule has 0 radical (unpaired) electrons. The molecule has 7 nitrogen and oxygen atoms in total.